The van der Waals surface area contributed by atoms with Crippen LogP contribution in [0.25, 0.3) is 0 Å². The Labute approximate surface area is 71.2 Å². The smallest absolute Gasteiger partial charge is 0.207 e. The molecule has 0 bridgehead atoms. The van der Waals surface area contributed by atoms with Gasteiger partial charge >= 0.3 is 0 Å². The molecule has 0 radical (unpaired) electrons. The molecule has 0 aromatic heterocycles. The van der Waals surface area contributed by atoms with E-state index in [1.165, 1.54) is 0 Å². The maximum absolute atomic E-state index is 8.27. The number of rotatable bonds is 1. The number of amidine groups is 1. The molecular weight excluding hydrogens is 150 g/mol. The molecule has 12 heavy (non-hydrogen) atoms. The summed E-state index contributed by atoms with van der Waals surface area (Å²) in [5.41, 5.74) is 7.37. The highest BCUT2D eigenvalue weighted by Gasteiger charge is 1.99. The molecule has 1 aromatic rings. The Balaban J connectivity index is 3.13. The SMILES string of the molecule is Cc1ccccc1C(N)=NC#N. The van der Waals surface area contributed by atoms with Crippen molar-refractivity contribution in [1.29, 1.82) is 5.26 Å². The second-order valence-electron chi connectivity index (χ2n) is 2.41. The van der Waals surface area contributed by atoms with E-state index in [0.29, 0.717) is 0 Å². The lowest BCUT2D eigenvalue weighted by Gasteiger charge is -2.01. The summed E-state index contributed by atoms with van der Waals surface area (Å²) in [6.07, 6.45) is 1.66. The van der Waals surface area contributed by atoms with Crippen LogP contribution in [-0.4, -0.2) is 5.84 Å². The van der Waals surface area contributed by atoms with Gasteiger partial charge in [-0.3, -0.25) is 0 Å². The Kier molecular flexibility index (Phi) is 2.44. The summed E-state index contributed by atoms with van der Waals surface area (Å²) < 4.78 is 0. The second-order valence-corrected chi connectivity index (χ2v) is 2.41. The van der Waals surface area contributed by atoms with Crippen LogP contribution in [0.3, 0.4) is 0 Å². The second kappa shape index (κ2) is 3.54. The van der Waals surface area contributed by atoms with Gasteiger partial charge < -0.3 is 5.73 Å². The fraction of sp³-hybridized carbons (Fsp3) is 0.111. The summed E-state index contributed by atoms with van der Waals surface area (Å²) in [6, 6.07) is 7.54. The third-order valence-electron chi connectivity index (χ3n) is 1.59. The number of aliphatic imine (C=N–C) groups is 1. The van der Waals surface area contributed by atoms with Gasteiger partial charge in [0.05, 0.1) is 0 Å². The largest absolute Gasteiger partial charge is 0.382 e. The quantitative estimate of drug-likeness (QED) is 0.380. The molecule has 3 heteroatoms. The van der Waals surface area contributed by atoms with Crippen LogP contribution in [0.5, 0.6) is 0 Å². The first kappa shape index (κ1) is 8.28. The minimum Gasteiger partial charge on any atom is -0.382 e. The zero-order valence-electron chi connectivity index (χ0n) is 6.78. The average molecular weight is 159 g/mol. The molecule has 0 spiro atoms. The van der Waals surface area contributed by atoms with Gasteiger partial charge in [-0.05, 0) is 12.5 Å². The van der Waals surface area contributed by atoms with Crippen LogP contribution in [0.2, 0.25) is 0 Å². The average Bonchev–Trinajstić information content (AvgIpc) is 2.05. The topological polar surface area (TPSA) is 62.2 Å². The van der Waals surface area contributed by atoms with Crippen molar-refractivity contribution < 1.29 is 0 Å². The van der Waals surface area contributed by atoms with Crippen LogP contribution in [0.15, 0.2) is 29.3 Å². The first-order valence-electron chi connectivity index (χ1n) is 3.54. The van der Waals surface area contributed by atoms with Crippen molar-refractivity contribution in [2.24, 2.45) is 10.7 Å². The molecule has 2 N–H and O–H groups in total. The molecular formula is C9H9N3. The lowest BCUT2D eigenvalue weighted by molar-refractivity contribution is 1.37. The van der Waals surface area contributed by atoms with E-state index in [4.69, 9.17) is 11.0 Å². The molecule has 60 valence electrons. The van der Waals surface area contributed by atoms with Gasteiger partial charge in [0.15, 0.2) is 0 Å². The highest BCUT2D eigenvalue weighted by molar-refractivity contribution is 5.99. The molecule has 0 saturated heterocycles. The van der Waals surface area contributed by atoms with Crippen molar-refractivity contribution >= 4 is 5.84 Å². The normalized spacial score (nSPS) is 10.8. The Morgan fingerprint density at radius 3 is 2.75 bits per heavy atom. The van der Waals surface area contributed by atoms with Gasteiger partial charge in [-0.25, -0.2) is 0 Å². The van der Waals surface area contributed by atoms with Crippen LogP contribution < -0.4 is 5.73 Å². The van der Waals surface area contributed by atoms with E-state index in [-0.39, 0.29) is 5.84 Å². The zero-order chi connectivity index (χ0) is 8.97. The number of nitriles is 1. The molecule has 0 aliphatic carbocycles. The number of hydrogen-bond acceptors (Lipinski definition) is 2. The van der Waals surface area contributed by atoms with Crippen molar-refractivity contribution in [2.45, 2.75) is 6.92 Å². The molecule has 3 nitrogen and oxygen atoms in total. The number of aryl methyl sites for hydroxylation is 1. The molecule has 0 atom stereocenters. The van der Waals surface area contributed by atoms with E-state index in [1.807, 2.05) is 31.2 Å². The molecule has 0 aliphatic rings. The van der Waals surface area contributed by atoms with Crippen LogP contribution in [0, 0.1) is 18.4 Å². The van der Waals surface area contributed by atoms with Gasteiger partial charge in [-0.2, -0.15) is 10.3 Å². The van der Waals surface area contributed by atoms with Gasteiger partial charge in [0.1, 0.15) is 5.84 Å². The van der Waals surface area contributed by atoms with Gasteiger partial charge in [0.2, 0.25) is 6.19 Å². The fourth-order valence-electron chi connectivity index (χ4n) is 0.974. The minimum absolute atomic E-state index is 0.274. The van der Waals surface area contributed by atoms with E-state index >= 15 is 0 Å². The first-order chi connectivity index (χ1) is 5.75. The summed E-state index contributed by atoms with van der Waals surface area (Å²) in [5, 5.41) is 8.27. The molecule has 0 fully saturated rings. The molecule has 0 amide bonds. The van der Waals surface area contributed by atoms with Crippen molar-refractivity contribution in [2.75, 3.05) is 0 Å². The lowest BCUT2D eigenvalue weighted by Crippen LogP contribution is -2.13. The van der Waals surface area contributed by atoms with Gasteiger partial charge in [0, 0.05) is 5.56 Å². The Morgan fingerprint density at radius 1 is 1.50 bits per heavy atom. The summed E-state index contributed by atoms with van der Waals surface area (Å²) in [5.74, 6) is 0.274. The van der Waals surface area contributed by atoms with Crippen molar-refractivity contribution in [1.82, 2.24) is 0 Å². The number of nitrogens with two attached hydrogens (primary N) is 1. The van der Waals surface area contributed by atoms with Crippen molar-refractivity contribution in [3.63, 3.8) is 0 Å². The highest BCUT2D eigenvalue weighted by atomic mass is 14.8. The van der Waals surface area contributed by atoms with Crippen molar-refractivity contribution in [3.8, 4) is 6.19 Å². The van der Waals surface area contributed by atoms with E-state index in [2.05, 4.69) is 4.99 Å². The standard InChI is InChI=1S/C9H9N3/c1-7-4-2-3-5-8(7)9(11)12-6-10/h2-5H,1H3,(H2,11,12). The monoisotopic (exact) mass is 159 g/mol. The van der Waals surface area contributed by atoms with E-state index in [1.54, 1.807) is 6.19 Å². The maximum Gasteiger partial charge on any atom is 0.207 e. The summed E-state index contributed by atoms with van der Waals surface area (Å²) in [6.45, 7) is 1.93. The summed E-state index contributed by atoms with van der Waals surface area (Å²) in [4.78, 5) is 3.46. The molecule has 0 aliphatic heterocycles. The minimum atomic E-state index is 0.274. The highest BCUT2D eigenvalue weighted by Crippen LogP contribution is 2.05. The van der Waals surface area contributed by atoms with Gasteiger partial charge in [-0.15, -0.1) is 0 Å². The van der Waals surface area contributed by atoms with Gasteiger partial charge in [0.25, 0.3) is 0 Å². The van der Waals surface area contributed by atoms with Crippen LogP contribution in [0.1, 0.15) is 11.1 Å². The predicted molar refractivity (Wildman–Crippen MR) is 47.5 cm³/mol. The van der Waals surface area contributed by atoms with E-state index in [9.17, 15) is 0 Å². The molecule has 0 saturated carbocycles. The predicted octanol–water partition coefficient (Wildman–Crippen LogP) is 1.18. The zero-order valence-corrected chi connectivity index (χ0v) is 6.78. The van der Waals surface area contributed by atoms with Crippen LogP contribution in [-0.2, 0) is 0 Å². The first-order valence-corrected chi connectivity index (χ1v) is 3.54. The fourth-order valence-corrected chi connectivity index (χ4v) is 0.974. The van der Waals surface area contributed by atoms with Crippen molar-refractivity contribution in [3.05, 3.63) is 35.4 Å². The maximum atomic E-state index is 8.27. The molecule has 1 rings (SSSR count). The molecule has 1 aromatic carbocycles. The lowest BCUT2D eigenvalue weighted by atomic mass is 10.1. The van der Waals surface area contributed by atoms with Crippen LogP contribution >= 0.6 is 0 Å². The number of nitrogens with zero attached hydrogens (tertiary/aromatic N) is 2. The Hall–Kier alpha value is -1.82. The number of benzene rings is 1. The third-order valence-corrected chi connectivity index (χ3v) is 1.59. The number of hydrogen-bond donors (Lipinski definition) is 1. The Bertz CT molecular complexity index is 347. The summed E-state index contributed by atoms with van der Waals surface area (Å²) in [7, 11) is 0. The molecule has 0 unspecified atom stereocenters. The molecule has 0 heterocycles. The Morgan fingerprint density at radius 2 is 2.17 bits per heavy atom. The summed E-state index contributed by atoms with van der Waals surface area (Å²) >= 11 is 0. The van der Waals surface area contributed by atoms with Gasteiger partial charge in [-0.1, -0.05) is 24.3 Å². The third kappa shape index (κ3) is 1.61. The van der Waals surface area contributed by atoms with Crippen LogP contribution in [0.4, 0.5) is 0 Å². The van der Waals surface area contributed by atoms with E-state index < -0.39 is 0 Å². The van der Waals surface area contributed by atoms with E-state index in [0.717, 1.165) is 11.1 Å².